The molecule has 0 amide bonds. The lowest BCUT2D eigenvalue weighted by Crippen LogP contribution is -2.06. The highest BCUT2D eigenvalue weighted by atomic mass is 16.5. The van der Waals surface area contributed by atoms with Crippen LogP contribution in [0, 0.1) is 0 Å². The van der Waals surface area contributed by atoms with Crippen molar-refractivity contribution in [2.24, 2.45) is 0 Å². The minimum atomic E-state index is -0.589. The molecule has 0 aliphatic rings. The van der Waals surface area contributed by atoms with Gasteiger partial charge >= 0.3 is 5.97 Å². The molecule has 0 spiro atoms. The Bertz CT molecular complexity index is 457. The molecule has 0 heterocycles. The van der Waals surface area contributed by atoms with Gasteiger partial charge in [0.15, 0.2) is 11.5 Å². The van der Waals surface area contributed by atoms with Crippen molar-refractivity contribution in [3.63, 3.8) is 0 Å². The highest BCUT2D eigenvalue weighted by Gasteiger charge is 2.14. The number of esters is 1. The third-order valence-electron chi connectivity index (χ3n) is 3.97. The third kappa shape index (κ3) is 7.91. The van der Waals surface area contributed by atoms with E-state index in [2.05, 4.69) is 6.92 Å². The van der Waals surface area contributed by atoms with Gasteiger partial charge in [-0.05, 0) is 18.6 Å². The number of para-hydroxylation sites is 1. The number of rotatable bonds is 12. The van der Waals surface area contributed by atoms with Gasteiger partial charge in [0.1, 0.15) is 5.56 Å². The second kappa shape index (κ2) is 11.8. The van der Waals surface area contributed by atoms with Crippen molar-refractivity contribution in [1.29, 1.82) is 0 Å². The molecule has 4 nitrogen and oxygen atoms in total. The lowest BCUT2D eigenvalue weighted by atomic mass is 10.1. The molecule has 1 aromatic carbocycles. The molecular formula is C19H30O4. The molecule has 1 rings (SSSR count). The first-order chi connectivity index (χ1) is 11.2. The summed E-state index contributed by atoms with van der Waals surface area (Å²) in [5.74, 6) is -1.31. The van der Waals surface area contributed by atoms with E-state index in [0.29, 0.717) is 6.61 Å². The van der Waals surface area contributed by atoms with Crippen molar-refractivity contribution < 1.29 is 19.7 Å². The van der Waals surface area contributed by atoms with Crippen LogP contribution in [0.15, 0.2) is 18.2 Å². The zero-order valence-electron chi connectivity index (χ0n) is 14.2. The Morgan fingerprint density at radius 2 is 1.48 bits per heavy atom. The quantitative estimate of drug-likeness (QED) is 0.316. The lowest BCUT2D eigenvalue weighted by molar-refractivity contribution is 0.0493. The summed E-state index contributed by atoms with van der Waals surface area (Å²) >= 11 is 0. The fourth-order valence-corrected chi connectivity index (χ4v) is 2.53. The van der Waals surface area contributed by atoms with Crippen LogP contribution in [0.5, 0.6) is 11.5 Å². The molecule has 0 unspecified atom stereocenters. The molecule has 130 valence electrons. The largest absolute Gasteiger partial charge is 0.504 e. The van der Waals surface area contributed by atoms with Crippen LogP contribution in [-0.4, -0.2) is 22.8 Å². The molecule has 4 heteroatoms. The number of phenolic OH excluding ortho intramolecular Hbond substituents is 2. The zero-order valence-corrected chi connectivity index (χ0v) is 14.2. The van der Waals surface area contributed by atoms with E-state index in [1.54, 1.807) is 0 Å². The number of hydrogen-bond acceptors (Lipinski definition) is 4. The first-order valence-corrected chi connectivity index (χ1v) is 8.85. The Hall–Kier alpha value is -1.71. The van der Waals surface area contributed by atoms with E-state index < -0.39 is 11.7 Å². The van der Waals surface area contributed by atoms with Crippen molar-refractivity contribution in [3.8, 4) is 11.5 Å². The van der Waals surface area contributed by atoms with E-state index in [9.17, 15) is 15.0 Å². The molecule has 23 heavy (non-hydrogen) atoms. The number of aromatic hydroxyl groups is 2. The number of phenols is 2. The van der Waals surface area contributed by atoms with E-state index in [0.717, 1.165) is 12.8 Å². The van der Waals surface area contributed by atoms with Crippen molar-refractivity contribution in [3.05, 3.63) is 23.8 Å². The van der Waals surface area contributed by atoms with Gasteiger partial charge in [0.2, 0.25) is 0 Å². The summed E-state index contributed by atoms with van der Waals surface area (Å²) in [5, 5.41) is 18.9. The maximum absolute atomic E-state index is 11.8. The molecule has 0 radical (unpaired) electrons. The number of ether oxygens (including phenoxy) is 1. The number of carbonyl (C=O) groups excluding carboxylic acids is 1. The Balaban J connectivity index is 2.03. The minimum Gasteiger partial charge on any atom is -0.504 e. The second-order valence-corrected chi connectivity index (χ2v) is 5.99. The van der Waals surface area contributed by atoms with Crippen molar-refractivity contribution in [2.75, 3.05) is 6.61 Å². The van der Waals surface area contributed by atoms with Crippen LogP contribution in [0.4, 0.5) is 0 Å². The van der Waals surface area contributed by atoms with Crippen molar-refractivity contribution >= 4 is 5.97 Å². The number of hydrogen-bond donors (Lipinski definition) is 2. The van der Waals surface area contributed by atoms with Crippen LogP contribution in [0.1, 0.15) is 81.5 Å². The minimum absolute atomic E-state index is 0.0112. The Kier molecular flexibility index (Phi) is 9.92. The van der Waals surface area contributed by atoms with Crippen molar-refractivity contribution in [1.82, 2.24) is 0 Å². The van der Waals surface area contributed by atoms with E-state index in [1.165, 1.54) is 69.6 Å². The fraction of sp³-hybridized carbons (Fsp3) is 0.632. The molecule has 0 fully saturated rings. The lowest BCUT2D eigenvalue weighted by Gasteiger charge is -2.07. The number of unbranched alkanes of at least 4 members (excludes halogenated alkanes) is 9. The van der Waals surface area contributed by atoms with Crippen LogP contribution in [-0.2, 0) is 4.74 Å². The second-order valence-electron chi connectivity index (χ2n) is 5.99. The van der Waals surface area contributed by atoms with Crippen LogP contribution >= 0.6 is 0 Å². The predicted octanol–water partition coefficient (Wildman–Crippen LogP) is 5.18. The smallest absolute Gasteiger partial charge is 0.342 e. The monoisotopic (exact) mass is 322 g/mol. The highest BCUT2D eigenvalue weighted by Crippen LogP contribution is 2.28. The van der Waals surface area contributed by atoms with Crippen LogP contribution in [0.3, 0.4) is 0 Å². The Morgan fingerprint density at radius 1 is 0.913 bits per heavy atom. The average Bonchev–Trinajstić information content (AvgIpc) is 2.55. The normalized spacial score (nSPS) is 10.7. The molecule has 0 atom stereocenters. The summed E-state index contributed by atoms with van der Waals surface area (Å²) < 4.78 is 5.13. The first-order valence-electron chi connectivity index (χ1n) is 8.85. The van der Waals surface area contributed by atoms with Crippen LogP contribution in [0.2, 0.25) is 0 Å². The molecule has 0 bridgehead atoms. The standard InChI is InChI=1S/C19H30O4/c1-2-3-4-5-6-7-8-9-10-11-15-23-19(22)16-13-12-14-17(20)18(16)21/h12-14,20-21H,2-11,15H2,1H3. The topological polar surface area (TPSA) is 66.8 Å². The maximum atomic E-state index is 11.8. The third-order valence-corrected chi connectivity index (χ3v) is 3.97. The number of benzene rings is 1. The molecule has 0 aliphatic heterocycles. The first kappa shape index (κ1) is 19.3. The van der Waals surface area contributed by atoms with Crippen molar-refractivity contribution in [2.45, 2.75) is 71.1 Å². The molecule has 0 saturated heterocycles. The average molecular weight is 322 g/mol. The summed E-state index contributed by atoms with van der Waals surface area (Å²) in [6.07, 6.45) is 12.3. The zero-order chi connectivity index (χ0) is 16.9. The number of carbonyl (C=O) groups is 1. The Labute approximate surface area is 139 Å². The van der Waals surface area contributed by atoms with Gasteiger partial charge < -0.3 is 14.9 Å². The summed E-state index contributed by atoms with van der Waals surface area (Å²) in [7, 11) is 0. The molecule has 2 N–H and O–H groups in total. The summed E-state index contributed by atoms with van der Waals surface area (Å²) in [4.78, 5) is 11.8. The van der Waals surface area contributed by atoms with E-state index >= 15 is 0 Å². The van der Waals surface area contributed by atoms with Gasteiger partial charge in [0, 0.05) is 0 Å². The Morgan fingerprint density at radius 3 is 2.09 bits per heavy atom. The van der Waals surface area contributed by atoms with Gasteiger partial charge in [-0.1, -0.05) is 70.8 Å². The van der Waals surface area contributed by atoms with Gasteiger partial charge in [0.25, 0.3) is 0 Å². The summed E-state index contributed by atoms with van der Waals surface area (Å²) in [5.41, 5.74) is 0.0112. The molecule has 0 aromatic heterocycles. The van der Waals surface area contributed by atoms with E-state index in [4.69, 9.17) is 4.74 Å². The maximum Gasteiger partial charge on any atom is 0.342 e. The fourth-order valence-electron chi connectivity index (χ4n) is 2.53. The molecular weight excluding hydrogens is 292 g/mol. The summed E-state index contributed by atoms with van der Waals surface area (Å²) in [6, 6.07) is 4.27. The highest BCUT2D eigenvalue weighted by molar-refractivity contribution is 5.93. The summed E-state index contributed by atoms with van der Waals surface area (Å²) in [6.45, 7) is 2.58. The van der Waals surface area contributed by atoms with Crippen LogP contribution < -0.4 is 0 Å². The molecule has 0 saturated carbocycles. The van der Waals surface area contributed by atoms with Gasteiger partial charge in [-0.15, -0.1) is 0 Å². The molecule has 1 aromatic rings. The predicted molar refractivity (Wildman–Crippen MR) is 91.9 cm³/mol. The van der Waals surface area contributed by atoms with E-state index in [-0.39, 0.29) is 11.3 Å². The van der Waals surface area contributed by atoms with Gasteiger partial charge in [-0.3, -0.25) is 0 Å². The van der Waals surface area contributed by atoms with E-state index in [1.807, 2.05) is 0 Å². The van der Waals surface area contributed by atoms with Gasteiger partial charge in [0.05, 0.1) is 6.61 Å². The van der Waals surface area contributed by atoms with Gasteiger partial charge in [-0.2, -0.15) is 0 Å². The SMILES string of the molecule is CCCCCCCCCCCCOC(=O)c1cccc(O)c1O. The van der Waals surface area contributed by atoms with Gasteiger partial charge in [-0.25, -0.2) is 4.79 Å². The van der Waals surface area contributed by atoms with Crippen LogP contribution in [0.25, 0.3) is 0 Å². The molecule has 0 aliphatic carbocycles.